The van der Waals surface area contributed by atoms with E-state index in [1.807, 2.05) is 12.1 Å². The van der Waals surface area contributed by atoms with Gasteiger partial charge in [-0.3, -0.25) is 4.99 Å². The molecule has 0 radical (unpaired) electrons. The van der Waals surface area contributed by atoms with Gasteiger partial charge in [0.1, 0.15) is 6.61 Å². The topological polar surface area (TPSA) is 77.0 Å². The van der Waals surface area contributed by atoms with Gasteiger partial charge < -0.3 is 24.8 Å². The van der Waals surface area contributed by atoms with Crippen LogP contribution in [0.2, 0.25) is 0 Å². The summed E-state index contributed by atoms with van der Waals surface area (Å²) in [7, 11) is 3.42. The summed E-state index contributed by atoms with van der Waals surface area (Å²) in [4.78, 5) is 8.54. The third-order valence-electron chi connectivity index (χ3n) is 4.57. The highest BCUT2D eigenvalue weighted by Crippen LogP contribution is 2.19. The van der Waals surface area contributed by atoms with Crippen LogP contribution in [0.3, 0.4) is 0 Å². The monoisotopic (exact) mass is 378 g/mol. The predicted octanol–water partition coefficient (Wildman–Crippen LogP) is 2.51. The zero-order chi connectivity index (χ0) is 19.2. The van der Waals surface area contributed by atoms with Crippen LogP contribution in [0, 0.1) is 0 Å². The van der Waals surface area contributed by atoms with Gasteiger partial charge in [-0.2, -0.15) is 0 Å². The van der Waals surface area contributed by atoms with Crippen molar-refractivity contribution < 1.29 is 14.2 Å². The van der Waals surface area contributed by atoms with E-state index in [1.54, 1.807) is 20.4 Å². The number of aromatic nitrogens is 1. The molecule has 1 aliphatic rings. The van der Waals surface area contributed by atoms with Crippen molar-refractivity contribution in [1.29, 1.82) is 0 Å². The molecular formula is C20H34N4O3. The quantitative estimate of drug-likeness (QED) is 0.282. The smallest absolute Gasteiger partial charge is 0.213 e. The molecular weight excluding hydrogens is 344 g/mol. The molecule has 1 aromatic rings. The average molecular weight is 379 g/mol. The number of methoxy groups -OCH3 is 1. The van der Waals surface area contributed by atoms with Crippen LogP contribution in [0.5, 0.6) is 5.88 Å². The van der Waals surface area contributed by atoms with Crippen molar-refractivity contribution >= 4 is 5.96 Å². The highest BCUT2D eigenvalue weighted by Gasteiger charge is 2.12. The number of hydrogen-bond acceptors (Lipinski definition) is 5. The average Bonchev–Trinajstić information content (AvgIpc) is 2.97. The minimum Gasteiger partial charge on any atom is -0.475 e. The van der Waals surface area contributed by atoms with Crippen LogP contribution in [0.25, 0.3) is 0 Å². The maximum Gasteiger partial charge on any atom is 0.213 e. The molecule has 1 saturated carbocycles. The van der Waals surface area contributed by atoms with E-state index in [2.05, 4.69) is 20.6 Å². The molecule has 0 saturated heterocycles. The Hall–Kier alpha value is -1.86. The van der Waals surface area contributed by atoms with Crippen LogP contribution < -0.4 is 15.4 Å². The van der Waals surface area contributed by atoms with Crippen LogP contribution in [0.1, 0.15) is 44.1 Å². The van der Waals surface area contributed by atoms with Gasteiger partial charge in [-0.05, 0) is 18.4 Å². The van der Waals surface area contributed by atoms with E-state index in [9.17, 15) is 0 Å². The number of guanidine groups is 1. The third-order valence-corrected chi connectivity index (χ3v) is 4.57. The Labute approximate surface area is 162 Å². The molecule has 0 atom stereocenters. The summed E-state index contributed by atoms with van der Waals surface area (Å²) in [6.45, 7) is 3.16. The molecule has 0 aliphatic heterocycles. The Morgan fingerprint density at radius 2 is 1.93 bits per heavy atom. The fourth-order valence-electron chi connectivity index (χ4n) is 3.04. The fraction of sp³-hybridized carbons (Fsp3) is 0.700. The predicted molar refractivity (Wildman–Crippen MR) is 107 cm³/mol. The van der Waals surface area contributed by atoms with E-state index < -0.39 is 0 Å². The molecule has 27 heavy (non-hydrogen) atoms. The van der Waals surface area contributed by atoms with Gasteiger partial charge in [0.25, 0.3) is 0 Å². The van der Waals surface area contributed by atoms with Gasteiger partial charge in [0.15, 0.2) is 5.96 Å². The maximum atomic E-state index is 6.00. The van der Waals surface area contributed by atoms with Gasteiger partial charge in [0, 0.05) is 39.5 Å². The van der Waals surface area contributed by atoms with Crippen LogP contribution in [0.15, 0.2) is 23.3 Å². The number of pyridine rings is 1. The Kier molecular flexibility index (Phi) is 10.6. The lowest BCUT2D eigenvalue weighted by molar-refractivity contribution is 0.0468. The lowest BCUT2D eigenvalue weighted by Crippen LogP contribution is -2.38. The summed E-state index contributed by atoms with van der Waals surface area (Å²) in [5.74, 6) is 1.37. The third kappa shape index (κ3) is 9.06. The molecule has 2 rings (SSSR count). The van der Waals surface area contributed by atoms with Gasteiger partial charge >= 0.3 is 0 Å². The van der Waals surface area contributed by atoms with Crippen LogP contribution in [0.4, 0.5) is 0 Å². The number of ether oxygens (including phenoxy) is 3. The normalized spacial score (nSPS) is 16.0. The second-order valence-corrected chi connectivity index (χ2v) is 6.68. The van der Waals surface area contributed by atoms with Crippen LogP contribution in [-0.2, 0) is 16.0 Å². The van der Waals surface area contributed by atoms with E-state index in [0.29, 0.717) is 38.3 Å². The molecule has 0 unspecified atom stereocenters. The van der Waals surface area contributed by atoms with Gasteiger partial charge in [-0.15, -0.1) is 0 Å². The summed E-state index contributed by atoms with van der Waals surface area (Å²) in [6, 6.07) is 3.86. The SMILES string of the molecule is CN=C(NCCOC1CCCCCC1)NCc1ccc(OCCOC)nc1. The van der Waals surface area contributed by atoms with E-state index >= 15 is 0 Å². The molecule has 152 valence electrons. The first-order chi connectivity index (χ1) is 13.3. The molecule has 2 N–H and O–H groups in total. The number of nitrogens with one attached hydrogen (secondary N) is 2. The molecule has 0 bridgehead atoms. The van der Waals surface area contributed by atoms with Crippen molar-refractivity contribution in [2.45, 2.75) is 51.2 Å². The van der Waals surface area contributed by atoms with Gasteiger partial charge in [-0.1, -0.05) is 31.7 Å². The van der Waals surface area contributed by atoms with E-state index in [4.69, 9.17) is 14.2 Å². The van der Waals surface area contributed by atoms with Gasteiger partial charge in [-0.25, -0.2) is 4.98 Å². The Morgan fingerprint density at radius 3 is 2.59 bits per heavy atom. The molecule has 1 aromatic heterocycles. The van der Waals surface area contributed by atoms with Crippen molar-refractivity contribution in [3.05, 3.63) is 23.9 Å². The minimum atomic E-state index is 0.431. The Morgan fingerprint density at radius 1 is 1.11 bits per heavy atom. The largest absolute Gasteiger partial charge is 0.475 e. The summed E-state index contributed by atoms with van der Waals surface area (Å²) in [5, 5.41) is 6.58. The first kappa shape index (κ1) is 21.4. The maximum absolute atomic E-state index is 6.00. The summed E-state index contributed by atoms with van der Waals surface area (Å²) in [6.07, 6.45) is 9.93. The lowest BCUT2D eigenvalue weighted by Gasteiger charge is -2.16. The summed E-state index contributed by atoms with van der Waals surface area (Å²) >= 11 is 0. The first-order valence-corrected chi connectivity index (χ1v) is 9.94. The Balaban J connectivity index is 1.61. The van der Waals surface area contributed by atoms with Crippen LogP contribution in [-0.4, -0.2) is 57.6 Å². The highest BCUT2D eigenvalue weighted by atomic mass is 16.5. The molecule has 0 spiro atoms. The van der Waals surface area contributed by atoms with Crippen molar-refractivity contribution in [3.63, 3.8) is 0 Å². The van der Waals surface area contributed by atoms with Crippen molar-refractivity contribution in [2.75, 3.05) is 40.5 Å². The zero-order valence-electron chi connectivity index (χ0n) is 16.7. The van der Waals surface area contributed by atoms with E-state index in [0.717, 1.165) is 18.1 Å². The van der Waals surface area contributed by atoms with Crippen molar-refractivity contribution in [3.8, 4) is 5.88 Å². The molecule has 0 aromatic carbocycles. The first-order valence-electron chi connectivity index (χ1n) is 9.94. The van der Waals surface area contributed by atoms with Gasteiger partial charge in [0.2, 0.25) is 5.88 Å². The number of hydrogen-bond donors (Lipinski definition) is 2. The Bertz CT molecular complexity index is 529. The fourth-order valence-corrected chi connectivity index (χ4v) is 3.04. The van der Waals surface area contributed by atoms with Gasteiger partial charge in [0.05, 0.1) is 19.3 Å². The van der Waals surface area contributed by atoms with E-state index in [1.165, 1.54) is 38.5 Å². The summed E-state index contributed by atoms with van der Waals surface area (Å²) < 4.78 is 16.4. The standard InChI is InChI=1S/C20H34N4O3/c1-21-20(22-11-12-26-18-7-5-3-4-6-8-18)24-16-17-9-10-19(23-15-17)27-14-13-25-2/h9-10,15,18H,3-8,11-14,16H2,1-2H3,(H2,21,22,24). The highest BCUT2D eigenvalue weighted by molar-refractivity contribution is 5.79. The number of aliphatic imine (C=N–C) groups is 1. The van der Waals surface area contributed by atoms with Crippen molar-refractivity contribution in [2.24, 2.45) is 4.99 Å². The zero-order valence-corrected chi connectivity index (χ0v) is 16.7. The molecule has 0 amide bonds. The van der Waals surface area contributed by atoms with Crippen molar-refractivity contribution in [1.82, 2.24) is 15.6 Å². The molecule has 1 aliphatic carbocycles. The van der Waals surface area contributed by atoms with E-state index in [-0.39, 0.29) is 0 Å². The van der Waals surface area contributed by atoms with Crippen LogP contribution >= 0.6 is 0 Å². The summed E-state index contributed by atoms with van der Waals surface area (Å²) in [5.41, 5.74) is 1.06. The molecule has 1 heterocycles. The molecule has 7 nitrogen and oxygen atoms in total. The number of nitrogens with zero attached hydrogens (tertiary/aromatic N) is 2. The minimum absolute atomic E-state index is 0.431. The molecule has 1 fully saturated rings. The second kappa shape index (κ2) is 13.3. The lowest BCUT2D eigenvalue weighted by atomic mass is 10.1. The number of rotatable bonds is 10. The second-order valence-electron chi connectivity index (χ2n) is 6.68. The molecule has 7 heteroatoms.